The Labute approximate surface area is 186 Å². The topological polar surface area (TPSA) is 52.6 Å². The molecule has 1 saturated heterocycles. The standard InChI is InChI=1S/C27H34N2O2/c1-2-3-16-27(31,24-12-8-5-9-13-24)26(30)28-17-25-22-14-15-23(25)20-29(19-22)18-21-10-6-4-7-11-21/h2-13,22-23,25,31H,14-20H2,1H3,(H,28,30)/b3-2-. The lowest BCUT2D eigenvalue weighted by atomic mass is 9.84. The van der Waals surface area contributed by atoms with Crippen molar-refractivity contribution in [1.82, 2.24) is 10.2 Å². The minimum atomic E-state index is -1.53. The average Bonchev–Trinajstić information content (AvgIpc) is 3.04. The second-order valence-corrected chi connectivity index (χ2v) is 9.15. The van der Waals surface area contributed by atoms with Gasteiger partial charge in [-0.15, -0.1) is 0 Å². The van der Waals surface area contributed by atoms with E-state index in [-0.39, 0.29) is 12.3 Å². The van der Waals surface area contributed by atoms with Crippen molar-refractivity contribution in [3.63, 3.8) is 0 Å². The quantitative estimate of drug-likeness (QED) is 0.634. The molecule has 4 heteroatoms. The summed E-state index contributed by atoms with van der Waals surface area (Å²) in [6.45, 7) is 5.74. The maximum absolute atomic E-state index is 13.1. The van der Waals surface area contributed by atoms with E-state index in [0.717, 1.165) is 19.6 Å². The van der Waals surface area contributed by atoms with E-state index >= 15 is 0 Å². The van der Waals surface area contributed by atoms with E-state index in [9.17, 15) is 9.90 Å². The number of likely N-dealkylation sites (tertiary alicyclic amines) is 1. The Kier molecular flexibility index (Phi) is 6.89. The van der Waals surface area contributed by atoms with Crippen LogP contribution in [-0.2, 0) is 16.9 Å². The first-order valence-corrected chi connectivity index (χ1v) is 11.5. The van der Waals surface area contributed by atoms with Crippen LogP contribution in [0.5, 0.6) is 0 Å². The summed E-state index contributed by atoms with van der Waals surface area (Å²) in [6, 6.07) is 20.0. The monoisotopic (exact) mass is 418 g/mol. The van der Waals surface area contributed by atoms with Crippen LogP contribution in [0.4, 0.5) is 0 Å². The highest BCUT2D eigenvalue weighted by atomic mass is 16.3. The van der Waals surface area contributed by atoms with Gasteiger partial charge in [0.1, 0.15) is 0 Å². The van der Waals surface area contributed by atoms with Crippen molar-refractivity contribution in [3.05, 3.63) is 83.9 Å². The molecule has 4 nitrogen and oxygen atoms in total. The Bertz CT molecular complexity index is 869. The van der Waals surface area contributed by atoms with Gasteiger partial charge in [0.25, 0.3) is 5.91 Å². The van der Waals surface area contributed by atoms with Crippen molar-refractivity contribution in [2.75, 3.05) is 19.6 Å². The molecule has 2 fully saturated rings. The van der Waals surface area contributed by atoms with Crippen molar-refractivity contribution in [3.8, 4) is 0 Å². The zero-order valence-corrected chi connectivity index (χ0v) is 18.4. The number of benzene rings is 2. The van der Waals surface area contributed by atoms with Gasteiger partial charge in [0.05, 0.1) is 0 Å². The van der Waals surface area contributed by atoms with Crippen LogP contribution in [0.3, 0.4) is 0 Å². The van der Waals surface area contributed by atoms with E-state index in [1.165, 1.54) is 18.4 Å². The molecule has 1 saturated carbocycles. The van der Waals surface area contributed by atoms with Gasteiger partial charge in [-0.25, -0.2) is 0 Å². The van der Waals surface area contributed by atoms with Gasteiger partial charge < -0.3 is 10.4 Å². The van der Waals surface area contributed by atoms with Gasteiger partial charge in [-0.3, -0.25) is 9.69 Å². The molecular weight excluding hydrogens is 384 g/mol. The largest absolute Gasteiger partial charge is 0.375 e. The van der Waals surface area contributed by atoms with Crippen LogP contribution in [-0.4, -0.2) is 35.5 Å². The second kappa shape index (κ2) is 9.80. The zero-order chi connectivity index (χ0) is 21.7. The molecule has 2 aliphatic rings. The van der Waals surface area contributed by atoms with Gasteiger partial charge >= 0.3 is 0 Å². The van der Waals surface area contributed by atoms with E-state index in [2.05, 4.69) is 40.5 Å². The molecule has 1 heterocycles. The van der Waals surface area contributed by atoms with Gasteiger partial charge in [0.2, 0.25) is 0 Å². The summed E-state index contributed by atoms with van der Waals surface area (Å²) in [5.41, 5.74) is 0.484. The Morgan fingerprint density at radius 3 is 2.29 bits per heavy atom. The summed E-state index contributed by atoms with van der Waals surface area (Å²) in [5.74, 6) is 1.44. The third-order valence-electron chi connectivity index (χ3n) is 7.13. The molecule has 1 amide bonds. The Balaban J connectivity index is 1.38. The minimum absolute atomic E-state index is 0.279. The Hall–Kier alpha value is -2.43. The highest BCUT2D eigenvalue weighted by Crippen LogP contribution is 2.42. The van der Waals surface area contributed by atoms with E-state index in [4.69, 9.17) is 0 Å². The number of fused-ring (bicyclic) bond motifs is 2. The molecule has 164 valence electrons. The fraction of sp³-hybridized carbons (Fsp3) is 0.444. The van der Waals surface area contributed by atoms with Crippen LogP contribution in [0.15, 0.2) is 72.8 Å². The third kappa shape index (κ3) is 4.91. The molecule has 1 aliphatic carbocycles. The molecule has 31 heavy (non-hydrogen) atoms. The minimum Gasteiger partial charge on any atom is -0.375 e. The van der Waals surface area contributed by atoms with Crippen molar-refractivity contribution in [2.45, 2.75) is 38.3 Å². The molecule has 1 aliphatic heterocycles. The van der Waals surface area contributed by atoms with Crippen molar-refractivity contribution in [2.24, 2.45) is 17.8 Å². The van der Waals surface area contributed by atoms with Crippen LogP contribution >= 0.6 is 0 Å². The molecule has 2 N–H and O–H groups in total. The number of nitrogens with zero attached hydrogens (tertiary/aromatic N) is 1. The molecule has 2 bridgehead atoms. The first-order chi connectivity index (χ1) is 15.1. The number of aliphatic hydroxyl groups is 1. The predicted octanol–water partition coefficient (Wildman–Crippen LogP) is 4.11. The Morgan fingerprint density at radius 2 is 1.68 bits per heavy atom. The van der Waals surface area contributed by atoms with Crippen molar-refractivity contribution >= 4 is 5.91 Å². The SMILES string of the molecule is C/C=C\CC(O)(C(=O)NCC1C2CCC1CN(Cc1ccccc1)C2)c1ccccc1. The summed E-state index contributed by atoms with van der Waals surface area (Å²) in [4.78, 5) is 15.7. The molecular formula is C27H34N2O2. The summed E-state index contributed by atoms with van der Waals surface area (Å²) in [7, 11) is 0. The maximum atomic E-state index is 13.1. The van der Waals surface area contributed by atoms with E-state index in [0.29, 0.717) is 29.9 Å². The summed E-state index contributed by atoms with van der Waals surface area (Å²) in [6.07, 6.45) is 6.49. The lowest BCUT2D eigenvalue weighted by Gasteiger charge is -2.38. The third-order valence-corrected chi connectivity index (χ3v) is 7.13. The second-order valence-electron chi connectivity index (χ2n) is 9.15. The van der Waals surface area contributed by atoms with Gasteiger partial charge in [-0.1, -0.05) is 72.8 Å². The molecule has 0 spiro atoms. The summed E-state index contributed by atoms with van der Waals surface area (Å²) >= 11 is 0. The Morgan fingerprint density at radius 1 is 1.06 bits per heavy atom. The molecule has 0 aromatic heterocycles. The lowest BCUT2D eigenvalue weighted by Crippen LogP contribution is -2.49. The maximum Gasteiger partial charge on any atom is 0.256 e. The highest BCUT2D eigenvalue weighted by molar-refractivity contribution is 5.86. The predicted molar refractivity (Wildman–Crippen MR) is 124 cm³/mol. The molecule has 4 rings (SSSR count). The molecule has 3 unspecified atom stereocenters. The molecule has 3 atom stereocenters. The number of carbonyl (C=O) groups excluding carboxylic acids is 1. The van der Waals surface area contributed by atoms with E-state index in [1.807, 2.05) is 49.4 Å². The number of nitrogens with one attached hydrogen (secondary N) is 1. The van der Waals surface area contributed by atoms with Gasteiger partial charge in [0.15, 0.2) is 5.60 Å². The number of piperidine rings is 1. The van der Waals surface area contributed by atoms with Crippen molar-refractivity contribution < 1.29 is 9.90 Å². The molecule has 0 radical (unpaired) electrons. The fourth-order valence-electron chi connectivity index (χ4n) is 5.44. The van der Waals surface area contributed by atoms with Crippen molar-refractivity contribution in [1.29, 1.82) is 0 Å². The van der Waals surface area contributed by atoms with Crippen LogP contribution in [0, 0.1) is 17.8 Å². The number of amides is 1. The van der Waals surface area contributed by atoms with Crippen LogP contribution in [0.25, 0.3) is 0 Å². The summed E-state index contributed by atoms with van der Waals surface area (Å²) in [5, 5.41) is 14.4. The number of carbonyl (C=O) groups is 1. The number of hydrogen-bond acceptors (Lipinski definition) is 3. The van der Waals surface area contributed by atoms with Crippen LogP contribution in [0.2, 0.25) is 0 Å². The van der Waals surface area contributed by atoms with Crippen LogP contribution < -0.4 is 5.32 Å². The summed E-state index contributed by atoms with van der Waals surface area (Å²) < 4.78 is 0. The number of hydrogen-bond donors (Lipinski definition) is 2. The smallest absolute Gasteiger partial charge is 0.256 e. The normalized spacial score (nSPS) is 25.4. The van der Waals surface area contributed by atoms with Crippen LogP contribution in [0.1, 0.15) is 37.3 Å². The number of allylic oxidation sites excluding steroid dienone is 1. The number of rotatable bonds is 8. The lowest BCUT2D eigenvalue weighted by molar-refractivity contribution is -0.141. The molecule has 2 aromatic carbocycles. The van der Waals surface area contributed by atoms with E-state index in [1.54, 1.807) is 0 Å². The zero-order valence-electron chi connectivity index (χ0n) is 18.4. The van der Waals surface area contributed by atoms with Gasteiger partial charge in [-0.05, 0) is 48.6 Å². The van der Waals surface area contributed by atoms with Gasteiger partial charge in [-0.2, -0.15) is 0 Å². The molecule has 2 aromatic rings. The van der Waals surface area contributed by atoms with Gasteiger partial charge in [0, 0.05) is 32.6 Å². The first kappa shape index (κ1) is 21.8. The highest BCUT2D eigenvalue weighted by Gasteiger charge is 2.43. The first-order valence-electron chi connectivity index (χ1n) is 11.5. The average molecular weight is 419 g/mol. The van der Waals surface area contributed by atoms with E-state index < -0.39 is 5.60 Å². The fourth-order valence-corrected chi connectivity index (χ4v) is 5.44.